The first-order valence-corrected chi connectivity index (χ1v) is 10.9. The summed E-state index contributed by atoms with van der Waals surface area (Å²) in [5.41, 5.74) is 1.12. The molecule has 0 heterocycles. The third kappa shape index (κ3) is 7.71. The molecule has 2 aromatic carbocycles. The minimum Gasteiger partial charge on any atom is -0.484 e. The average molecular weight is 431 g/mol. The Hall–Kier alpha value is -2.53. The van der Waals surface area contributed by atoms with Crippen molar-refractivity contribution >= 4 is 23.4 Å². The summed E-state index contributed by atoms with van der Waals surface area (Å²) in [7, 11) is 0. The van der Waals surface area contributed by atoms with E-state index in [1.54, 1.807) is 29.2 Å². The number of nitrogens with one attached hydrogen (secondary N) is 1. The molecule has 0 aliphatic carbocycles. The Labute approximate surface area is 184 Å². The number of nitrogens with zero attached hydrogens (tertiary/aromatic N) is 1. The van der Waals surface area contributed by atoms with Crippen LogP contribution in [0.2, 0.25) is 5.02 Å². The van der Waals surface area contributed by atoms with Gasteiger partial charge in [0.05, 0.1) is 0 Å². The van der Waals surface area contributed by atoms with Crippen LogP contribution in [0.15, 0.2) is 54.6 Å². The highest BCUT2D eigenvalue weighted by Gasteiger charge is 2.28. The number of halogens is 1. The summed E-state index contributed by atoms with van der Waals surface area (Å²) in [6, 6.07) is 16.3. The van der Waals surface area contributed by atoms with Gasteiger partial charge < -0.3 is 15.0 Å². The average Bonchev–Trinajstić information content (AvgIpc) is 2.76. The molecule has 6 heteroatoms. The topological polar surface area (TPSA) is 58.6 Å². The van der Waals surface area contributed by atoms with Crippen molar-refractivity contribution < 1.29 is 14.3 Å². The molecule has 0 aliphatic heterocycles. The number of rotatable bonds is 12. The van der Waals surface area contributed by atoms with E-state index in [1.807, 2.05) is 37.3 Å². The number of unbranched alkanes of at least 4 members (excludes halogenated alkanes) is 1. The maximum Gasteiger partial charge on any atom is 0.261 e. The largest absolute Gasteiger partial charge is 0.484 e. The van der Waals surface area contributed by atoms with E-state index in [4.69, 9.17) is 16.3 Å². The van der Waals surface area contributed by atoms with E-state index in [0.717, 1.165) is 18.4 Å². The number of carbonyl (C=O) groups excluding carboxylic acids is 2. The molecule has 2 amide bonds. The molecule has 5 nitrogen and oxygen atoms in total. The van der Waals surface area contributed by atoms with Crippen LogP contribution in [0.25, 0.3) is 0 Å². The van der Waals surface area contributed by atoms with E-state index in [-0.39, 0.29) is 18.4 Å². The number of amides is 2. The number of hydrogen-bond donors (Lipinski definition) is 1. The molecule has 0 unspecified atom stereocenters. The van der Waals surface area contributed by atoms with Gasteiger partial charge in [0.15, 0.2) is 6.61 Å². The second kappa shape index (κ2) is 12.9. The van der Waals surface area contributed by atoms with Crippen molar-refractivity contribution in [2.24, 2.45) is 0 Å². The minimum absolute atomic E-state index is 0.112. The predicted molar refractivity (Wildman–Crippen MR) is 121 cm³/mol. The second-order valence-electron chi connectivity index (χ2n) is 7.13. The highest BCUT2D eigenvalue weighted by atomic mass is 35.5. The molecule has 2 aromatic rings. The second-order valence-corrected chi connectivity index (χ2v) is 7.57. The summed E-state index contributed by atoms with van der Waals surface area (Å²) in [4.78, 5) is 27.4. The van der Waals surface area contributed by atoms with Crippen molar-refractivity contribution in [1.82, 2.24) is 10.2 Å². The standard InChI is InChI=1S/C24H31ClN2O3/c1-3-5-16-26-24(29)22(4-2)27(17-15-19-9-7-6-8-10-19)23(28)18-30-21-13-11-20(25)12-14-21/h6-14,22H,3-5,15-18H2,1-2H3,(H,26,29)/t22-/m0/s1. The van der Waals surface area contributed by atoms with Crippen LogP contribution in [0, 0.1) is 0 Å². The molecule has 0 spiro atoms. The number of carbonyl (C=O) groups is 2. The zero-order valence-corrected chi connectivity index (χ0v) is 18.5. The third-order valence-corrected chi connectivity index (χ3v) is 5.13. The van der Waals surface area contributed by atoms with Gasteiger partial charge in [-0.3, -0.25) is 9.59 Å². The minimum atomic E-state index is -0.521. The summed E-state index contributed by atoms with van der Waals surface area (Å²) in [5.74, 6) is 0.244. The Bertz CT molecular complexity index is 781. The van der Waals surface area contributed by atoms with Gasteiger partial charge in [0.1, 0.15) is 11.8 Å². The summed E-state index contributed by atoms with van der Waals surface area (Å²) in [6.45, 7) is 4.94. The van der Waals surface area contributed by atoms with Gasteiger partial charge in [-0.15, -0.1) is 0 Å². The zero-order valence-electron chi connectivity index (χ0n) is 17.8. The summed E-state index contributed by atoms with van der Waals surface area (Å²) in [6.07, 6.45) is 3.13. The molecule has 0 fully saturated rings. The number of hydrogen-bond acceptors (Lipinski definition) is 3. The van der Waals surface area contributed by atoms with E-state index >= 15 is 0 Å². The van der Waals surface area contributed by atoms with E-state index in [1.165, 1.54) is 0 Å². The van der Waals surface area contributed by atoms with E-state index < -0.39 is 6.04 Å². The summed E-state index contributed by atoms with van der Waals surface area (Å²) in [5, 5.41) is 3.56. The van der Waals surface area contributed by atoms with E-state index in [9.17, 15) is 9.59 Å². The fraction of sp³-hybridized carbons (Fsp3) is 0.417. The molecule has 0 saturated carbocycles. The Morgan fingerprint density at radius 2 is 1.77 bits per heavy atom. The molecular weight excluding hydrogens is 400 g/mol. The summed E-state index contributed by atoms with van der Waals surface area (Å²) >= 11 is 5.90. The van der Waals surface area contributed by atoms with Crippen LogP contribution in [0.4, 0.5) is 0 Å². The monoisotopic (exact) mass is 430 g/mol. The molecule has 0 saturated heterocycles. The fourth-order valence-electron chi connectivity index (χ4n) is 3.16. The lowest BCUT2D eigenvalue weighted by atomic mass is 10.1. The van der Waals surface area contributed by atoms with Crippen molar-refractivity contribution in [2.75, 3.05) is 19.7 Å². The van der Waals surface area contributed by atoms with Crippen LogP contribution in [0.5, 0.6) is 5.75 Å². The molecule has 0 bridgehead atoms. The lowest BCUT2D eigenvalue weighted by molar-refractivity contribution is -0.142. The Balaban J connectivity index is 2.08. The maximum atomic E-state index is 13.0. The van der Waals surface area contributed by atoms with Crippen LogP contribution in [0.1, 0.15) is 38.7 Å². The van der Waals surface area contributed by atoms with Crippen LogP contribution in [0.3, 0.4) is 0 Å². The molecule has 1 N–H and O–H groups in total. The Morgan fingerprint density at radius 3 is 2.40 bits per heavy atom. The first-order valence-electron chi connectivity index (χ1n) is 10.5. The van der Waals surface area contributed by atoms with E-state index in [2.05, 4.69) is 12.2 Å². The molecular formula is C24H31ClN2O3. The highest BCUT2D eigenvalue weighted by Crippen LogP contribution is 2.16. The molecule has 162 valence electrons. The van der Waals surface area contributed by atoms with Crippen LogP contribution < -0.4 is 10.1 Å². The highest BCUT2D eigenvalue weighted by molar-refractivity contribution is 6.30. The molecule has 0 aliphatic rings. The van der Waals surface area contributed by atoms with Gasteiger partial charge in [0, 0.05) is 18.1 Å². The summed E-state index contributed by atoms with van der Waals surface area (Å²) < 4.78 is 5.65. The van der Waals surface area contributed by atoms with Crippen molar-refractivity contribution in [1.29, 1.82) is 0 Å². The Kier molecular flexibility index (Phi) is 10.2. The van der Waals surface area contributed by atoms with Crippen LogP contribution in [-0.4, -0.2) is 42.5 Å². The molecule has 0 aromatic heterocycles. The predicted octanol–water partition coefficient (Wildman–Crippen LogP) is 4.49. The van der Waals surface area contributed by atoms with Crippen molar-refractivity contribution in [2.45, 2.75) is 45.6 Å². The first kappa shape index (κ1) is 23.7. The van der Waals surface area contributed by atoms with Crippen molar-refractivity contribution in [3.63, 3.8) is 0 Å². The van der Waals surface area contributed by atoms with Gasteiger partial charge in [-0.1, -0.05) is 62.2 Å². The van der Waals surface area contributed by atoms with Gasteiger partial charge >= 0.3 is 0 Å². The fourth-order valence-corrected chi connectivity index (χ4v) is 3.29. The first-order chi connectivity index (χ1) is 14.5. The number of ether oxygens (including phenoxy) is 1. The van der Waals surface area contributed by atoms with Crippen LogP contribution in [-0.2, 0) is 16.0 Å². The van der Waals surface area contributed by atoms with Gasteiger partial charge in [-0.25, -0.2) is 0 Å². The van der Waals surface area contributed by atoms with Crippen molar-refractivity contribution in [3.8, 4) is 5.75 Å². The third-order valence-electron chi connectivity index (χ3n) is 4.88. The van der Waals surface area contributed by atoms with Gasteiger partial charge in [-0.2, -0.15) is 0 Å². The zero-order chi connectivity index (χ0) is 21.8. The van der Waals surface area contributed by atoms with E-state index in [0.29, 0.717) is 36.7 Å². The van der Waals surface area contributed by atoms with Gasteiger partial charge in [-0.05, 0) is 49.1 Å². The lowest BCUT2D eigenvalue weighted by Crippen LogP contribution is -2.51. The quantitative estimate of drug-likeness (QED) is 0.505. The smallest absolute Gasteiger partial charge is 0.261 e. The van der Waals surface area contributed by atoms with Gasteiger partial charge in [0.2, 0.25) is 5.91 Å². The molecule has 1 atom stereocenters. The normalized spacial score (nSPS) is 11.6. The number of benzene rings is 2. The molecule has 30 heavy (non-hydrogen) atoms. The van der Waals surface area contributed by atoms with Crippen LogP contribution >= 0.6 is 11.6 Å². The van der Waals surface area contributed by atoms with Crippen molar-refractivity contribution in [3.05, 3.63) is 65.2 Å². The maximum absolute atomic E-state index is 13.0. The van der Waals surface area contributed by atoms with Gasteiger partial charge in [0.25, 0.3) is 5.91 Å². The molecule has 2 rings (SSSR count). The SMILES string of the molecule is CCCCNC(=O)[C@H](CC)N(CCc1ccccc1)C(=O)COc1ccc(Cl)cc1. The molecule has 0 radical (unpaired) electrons. The Morgan fingerprint density at radius 1 is 1.07 bits per heavy atom. The lowest BCUT2D eigenvalue weighted by Gasteiger charge is -2.30.